The summed E-state index contributed by atoms with van der Waals surface area (Å²) in [6.45, 7) is 4.09. The van der Waals surface area contributed by atoms with Gasteiger partial charge in [0.25, 0.3) is 0 Å². The van der Waals surface area contributed by atoms with Gasteiger partial charge in [0, 0.05) is 24.7 Å². The van der Waals surface area contributed by atoms with Crippen molar-refractivity contribution in [3.8, 4) is 0 Å². The predicted molar refractivity (Wildman–Crippen MR) is 74.7 cm³/mol. The van der Waals surface area contributed by atoms with Crippen LogP contribution in [0.15, 0.2) is 18.2 Å². The Morgan fingerprint density at radius 3 is 2.28 bits per heavy atom. The molecule has 1 aromatic rings. The third-order valence-corrected chi connectivity index (χ3v) is 3.82. The van der Waals surface area contributed by atoms with E-state index in [2.05, 4.69) is 6.07 Å². The molecule has 0 spiro atoms. The molecule has 2 rings (SSSR count). The third kappa shape index (κ3) is 2.72. The van der Waals surface area contributed by atoms with Gasteiger partial charge in [0.15, 0.2) is 0 Å². The van der Waals surface area contributed by atoms with Crippen LogP contribution in [0, 0.1) is 13.8 Å². The molecule has 3 heteroatoms. The molecule has 98 valence electrons. The normalized spacial score (nSPS) is 17.1. The Morgan fingerprint density at radius 1 is 1.28 bits per heavy atom. The number of hydrogen-bond acceptors (Lipinski definition) is 2. The van der Waals surface area contributed by atoms with Gasteiger partial charge in [-0.15, -0.1) is 0 Å². The van der Waals surface area contributed by atoms with Crippen LogP contribution in [0.3, 0.4) is 0 Å². The van der Waals surface area contributed by atoms with Gasteiger partial charge in [0.1, 0.15) is 0 Å². The zero-order chi connectivity index (χ0) is 13.3. The molecule has 18 heavy (non-hydrogen) atoms. The minimum absolute atomic E-state index is 0.113. The fourth-order valence-corrected chi connectivity index (χ4v) is 2.52. The summed E-state index contributed by atoms with van der Waals surface area (Å²) < 4.78 is 0. The zero-order valence-electron chi connectivity index (χ0n) is 11.5. The van der Waals surface area contributed by atoms with Crippen LogP contribution in [0.25, 0.3) is 0 Å². The molecule has 2 N–H and O–H groups in total. The van der Waals surface area contributed by atoms with Crippen molar-refractivity contribution in [2.45, 2.75) is 45.1 Å². The molecule has 0 heterocycles. The topological polar surface area (TPSA) is 46.3 Å². The lowest BCUT2D eigenvalue weighted by atomic mass is 9.75. The maximum Gasteiger partial charge on any atom is 0.228 e. The maximum absolute atomic E-state index is 12.2. The fraction of sp³-hybridized carbons (Fsp3) is 0.533. The quantitative estimate of drug-likeness (QED) is 0.891. The van der Waals surface area contributed by atoms with Gasteiger partial charge in [-0.25, -0.2) is 0 Å². The lowest BCUT2D eigenvalue weighted by molar-refractivity contribution is -0.120. The molecule has 0 bridgehead atoms. The monoisotopic (exact) mass is 246 g/mol. The first-order valence-corrected chi connectivity index (χ1v) is 6.53. The van der Waals surface area contributed by atoms with Crippen LogP contribution in [-0.2, 0) is 4.79 Å². The van der Waals surface area contributed by atoms with Crippen molar-refractivity contribution in [3.63, 3.8) is 0 Å². The lowest BCUT2D eigenvalue weighted by Crippen LogP contribution is -2.50. The number of aryl methyl sites for hydroxylation is 2. The smallest absolute Gasteiger partial charge is 0.228 e. The first-order chi connectivity index (χ1) is 8.39. The molecule has 0 aliphatic heterocycles. The first kappa shape index (κ1) is 13.1. The summed E-state index contributed by atoms with van der Waals surface area (Å²) in [5.41, 5.74) is 9.20. The molecule has 3 nitrogen and oxygen atoms in total. The van der Waals surface area contributed by atoms with Crippen molar-refractivity contribution >= 4 is 11.6 Å². The molecule has 0 radical (unpaired) electrons. The van der Waals surface area contributed by atoms with Crippen LogP contribution >= 0.6 is 0 Å². The van der Waals surface area contributed by atoms with E-state index in [0.717, 1.165) is 24.9 Å². The number of rotatable bonds is 3. The molecule has 1 aromatic carbocycles. The van der Waals surface area contributed by atoms with Crippen molar-refractivity contribution in [2.75, 3.05) is 11.9 Å². The Hall–Kier alpha value is -1.35. The van der Waals surface area contributed by atoms with Gasteiger partial charge in [0.05, 0.1) is 0 Å². The Bertz CT molecular complexity index is 443. The van der Waals surface area contributed by atoms with Crippen LogP contribution in [-0.4, -0.2) is 18.5 Å². The largest absolute Gasteiger partial charge is 0.325 e. The van der Waals surface area contributed by atoms with Crippen molar-refractivity contribution in [2.24, 2.45) is 5.73 Å². The summed E-state index contributed by atoms with van der Waals surface area (Å²) in [4.78, 5) is 13.9. The van der Waals surface area contributed by atoms with Crippen LogP contribution in [0.5, 0.6) is 0 Å². The van der Waals surface area contributed by atoms with Gasteiger partial charge in [-0.2, -0.15) is 0 Å². The van der Waals surface area contributed by atoms with Crippen LogP contribution in [0.1, 0.15) is 36.8 Å². The number of nitrogens with two attached hydrogens (primary N) is 1. The molecule has 1 saturated carbocycles. The second-order valence-corrected chi connectivity index (χ2v) is 5.69. The molecule has 1 aliphatic carbocycles. The summed E-state index contributed by atoms with van der Waals surface area (Å²) in [6, 6.07) is 6.18. The van der Waals surface area contributed by atoms with Gasteiger partial charge >= 0.3 is 0 Å². The molecule has 0 unspecified atom stereocenters. The number of hydrogen-bond donors (Lipinski definition) is 1. The first-order valence-electron chi connectivity index (χ1n) is 6.53. The van der Waals surface area contributed by atoms with Crippen LogP contribution in [0.4, 0.5) is 5.69 Å². The molecular formula is C15H22N2O. The van der Waals surface area contributed by atoms with Gasteiger partial charge in [-0.3, -0.25) is 4.79 Å². The van der Waals surface area contributed by atoms with Crippen molar-refractivity contribution in [3.05, 3.63) is 29.3 Å². The Morgan fingerprint density at radius 2 is 1.83 bits per heavy atom. The highest BCUT2D eigenvalue weighted by Crippen LogP contribution is 2.33. The van der Waals surface area contributed by atoms with Gasteiger partial charge in [-0.05, 0) is 56.4 Å². The standard InChI is InChI=1S/C15H22N2O/c1-11-7-12(2)9-13(8-11)17(3)14(18)10-15(16)5-4-6-15/h7-9H,4-6,10,16H2,1-3H3. The summed E-state index contributed by atoms with van der Waals surface area (Å²) in [6.07, 6.45) is 3.55. The third-order valence-electron chi connectivity index (χ3n) is 3.82. The zero-order valence-corrected chi connectivity index (χ0v) is 11.5. The Kier molecular flexibility index (Phi) is 3.44. The molecule has 1 aliphatic rings. The van der Waals surface area contributed by atoms with Crippen LogP contribution in [0.2, 0.25) is 0 Å². The molecule has 0 atom stereocenters. The van der Waals surface area contributed by atoms with Crippen molar-refractivity contribution in [1.29, 1.82) is 0 Å². The summed E-state index contributed by atoms with van der Waals surface area (Å²) in [5.74, 6) is 0.113. The van der Waals surface area contributed by atoms with Gasteiger partial charge in [0.2, 0.25) is 5.91 Å². The molecule has 1 amide bonds. The van der Waals surface area contributed by atoms with E-state index in [1.807, 2.05) is 33.0 Å². The van der Waals surface area contributed by atoms with Crippen molar-refractivity contribution in [1.82, 2.24) is 0 Å². The summed E-state index contributed by atoms with van der Waals surface area (Å²) >= 11 is 0. The van der Waals surface area contributed by atoms with E-state index in [1.54, 1.807) is 4.90 Å². The highest BCUT2D eigenvalue weighted by Gasteiger charge is 2.35. The average molecular weight is 246 g/mol. The maximum atomic E-state index is 12.2. The highest BCUT2D eigenvalue weighted by molar-refractivity contribution is 5.93. The number of amides is 1. The lowest BCUT2D eigenvalue weighted by Gasteiger charge is -2.38. The highest BCUT2D eigenvalue weighted by atomic mass is 16.2. The minimum Gasteiger partial charge on any atom is -0.325 e. The number of anilines is 1. The van der Waals surface area contributed by atoms with E-state index in [-0.39, 0.29) is 11.4 Å². The van der Waals surface area contributed by atoms with Gasteiger partial charge in [-0.1, -0.05) is 6.07 Å². The Labute approximate surface area is 109 Å². The van der Waals surface area contributed by atoms with E-state index >= 15 is 0 Å². The predicted octanol–water partition coefficient (Wildman–Crippen LogP) is 2.54. The van der Waals surface area contributed by atoms with Gasteiger partial charge < -0.3 is 10.6 Å². The molecule has 1 fully saturated rings. The van der Waals surface area contributed by atoms with E-state index < -0.39 is 0 Å². The molecular weight excluding hydrogens is 224 g/mol. The second kappa shape index (κ2) is 4.73. The average Bonchev–Trinajstić information content (AvgIpc) is 2.24. The van der Waals surface area contributed by atoms with E-state index in [0.29, 0.717) is 6.42 Å². The van der Waals surface area contributed by atoms with Crippen molar-refractivity contribution < 1.29 is 4.79 Å². The fourth-order valence-electron chi connectivity index (χ4n) is 2.52. The second-order valence-electron chi connectivity index (χ2n) is 5.69. The number of nitrogens with zero attached hydrogens (tertiary/aromatic N) is 1. The summed E-state index contributed by atoms with van der Waals surface area (Å²) in [7, 11) is 1.83. The minimum atomic E-state index is -0.246. The SMILES string of the molecule is Cc1cc(C)cc(N(C)C(=O)CC2(N)CCC2)c1. The summed E-state index contributed by atoms with van der Waals surface area (Å²) in [5, 5.41) is 0. The van der Waals surface area contributed by atoms with E-state index in [4.69, 9.17) is 5.73 Å². The van der Waals surface area contributed by atoms with E-state index in [1.165, 1.54) is 11.1 Å². The van der Waals surface area contributed by atoms with E-state index in [9.17, 15) is 4.79 Å². The molecule has 0 saturated heterocycles. The number of carbonyl (C=O) groups is 1. The van der Waals surface area contributed by atoms with Crippen LogP contribution < -0.4 is 10.6 Å². The number of carbonyl (C=O) groups excluding carboxylic acids is 1. The Balaban J connectivity index is 2.10. The number of benzene rings is 1. The molecule has 0 aromatic heterocycles.